The Balaban J connectivity index is 1.79. The molecule has 1 aromatic carbocycles. The highest BCUT2D eigenvalue weighted by atomic mass is 16.2. The van der Waals surface area contributed by atoms with Crippen LogP contribution in [0.3, 0.4) is 0 Å². The van der Waals surface area contributed by atoms with Crippen LogP contribution in [0.15, 0.2) is 24.3 Å². The fraction of sp³-hybridized carbons (Fsp3) is 0.500. The molecule has 1 aliphatic rings. The first-order valence-corrected chi connectivity index (χ1v) is 8.04. The van der Waals surface area contributed by atoms with Gasteiger partial charge in [-0.3, -0.25) is 4.79 Å². The van der Waals surface area contributed by atoms with Crippen LogP contribution in [0.2, 0.25) is 0 Å². The fourth-order valence-electron chi connectivity index (χ4n) is 3.40. The maximum Gasteiger partial charge on any atom is 0.225 e. The van der Waals surface area contributed by atoms with E-state index in [-0.39, 0.29) is 5.92 Å². The number of nitrogens with zero attached hydrogens (tertiary/aromatic N) is 1. The van der Waals surface area contributed by atoms with Crippen molar-refractivity contribution in [2.45, 2.75) is 39.0 Å². The van der Waals surface area contributed by atoms with Gasteiger partial charge in [0.15, 0.2) is 0 Å². The van der Waals surface area contributed by atoms with Crippen LogP contribution in [0.25, 0.3) is 10.9 Å². The lowest BCUT2D eigenvalue weighted by molar-refractivity contribution is -0.134. The molecule has 0 radical (unpaired) electrons. The van der Waals surface area contributed by atoms with Crippen LogP contribution < -0.4 is 0 Å². The maximum absolute atomic E-state index is 12.6. The van der Waals surface area contributed by atoms with Crippen molar-refractivity contribution < 1.29 is 4.79 Å². The first-order chi connectivity index (χ1) is 10.2. The largest absolute Gasteiger partial charge is 0.358 e. The molecule has 1 aliphatic carbocycles. The Hall–Kier alpha value is -1.77. The Bertz CT molecular complexity index is 644. The minimum atomic E-state index is 0.151. The summed E-state index contributed by atoms with van der Waals surface area (Å²) in [5.41, 5.74) is 3.89. The Morgan fingerprint density at radius 3 is 3.00 bits per heavy atom. The number of H-pyrrole nitrogens is 1. The maximum atomic E-state index is 12.6. The van der Waals surface area contributed by atoms with Crippen LogP contribution in [0.5, 0.6) is 0 Å². The number of hydrogen-bond acceptors (Lipinski definition) is 1. The fourth-order valence-corrected chi connectivity index (χ4v) is 3.40. The van der Waals surface area contributed by atoms with Crippen molar-refractivity contribution in [1.29, 1.82) is 0 Å². The number of rotatable bonds is 4. The first-order valence-electron chi connectivity index (χ1n) is 8.04. The molecule has 112 valence electrons. The minimum Gasteiger partial charge on any atom is -0.358 e. The standard InChI is InChI=1S/C18H24N2O/c1-3-4-11-20(2)18(21)13-9-10-17-15(12-13)14-7-5-6-8-16(14)19-17/h5-8,13,19H,3-4,9-12H2,1-2H3. The van der Waals surface area contributed by atoms with Gasteiger partial charge >= 0.3 is 0 Å². The predicted octanol–water partition coefficient (Wildman–Crippen LogP) is 3.53. The molecule has 3 rings (SSSR count). The summed E-state index contributed by atoms with van der Waals surface area (Å²) in [6.07, 6.45) is 5.06. The normalized spacial score (nSPS) is 17.7. The van der Waals surface area contributed by atoms with Gasteiger partial charge in [-0.15, -0.1) is 0 Å². The molecule has 1 unspecified atom stereocenters. The summed E-state index contributed by atoms with van der Waals surface area (Å²) < 4.78 is 0. The van der Waals surface area contributed by atoms with Gasteiger partial charge < -0.3 is 9.88 Å². The quantitative estimate of drug-likeness (QED) is 0.916. The van der Waals surface area contributed by atoms with Crippen LogP contribution in [-0.4, -0.2) is 29.4 Å². The lowest BCUT2D eigenvalue weighted by Crippen LogP contribution is -2.36. The number of aryl methyl sites for hydroxylation is 1. The van der Waals surface area contributed by atoms with E-state index < -0.39 is 0 Å². The number of unbranched alkanes of at least 4 members (excludes halogenated alkanes) is 1. The van der Waals surface area contributed by atoms with Gasteiger partial charge in [0.2, 0.25) is 5.91 Å². The van der Waals surface area contributed by atoms with E-state index >= 15 is 0 Å². The van der Waals surface area contributed by atoms with Crippen LogP contribution in [0.4, 0.5) is 0 Å². The molecule has 1 aromatic heterocycles. The van der Waals surface area contributed by atoms with Gasteiger partial charge in [0.25, 0.3) is 0 Å². The lowest BCUT2D eigenvalue weighted by Gasteiger charge is -2.26. The Morgan fingerprint density at radius 1 is 1.38 bits per heavy atom. The molecule has 3 heteroatoms. The summed E-state index contributed by atoms with van der Waals surface area (Å²) in [6.45, 7) is 3.05. The number of aromatic amines is 1. The molecular weight excluding hydrogens is 260 g/mol. The van der Waals surface area contributed by atoms with Crippen molar-refractivity contribution in [3.05, 3.63) is 35.5 Å². The monoisotopic (exact) mass is 284 g/mol. The number of carbonyl (C=O) groups is 1. The van der Waals surface area contributed by atoms with Gasteiger partial charge in [0.1, 0.15) is 0 Å². The average molecular weight is 284 g/mol. The zero-order valence-corrected chi connectivity index (χ0v) is 13.0. The molecule has 3 nitrogen and oxygen atoms in total. The van der Waals surface area contributed by atoms with E-state index in [1.54, 1.807) is 0 Å². The third-order valence-electron chi connectivity index (χ3n) is 4.67. The van der Waals surface area contributed by atoms with E-state index in [9.17, 15) is 4.79 Å². The average Bonchev–Trinajstić information content (AvgIpc) is 2.89. The summed E-state index contributed by atoms with van der Waals surface area (Å²) in [4.78, 5) is 18.0. The van der Waals surface area contributed by atoms with Crippen LogP contribution in [0.1, 0.15) is 37.4 Å². The summed E-state index contributed by atoms with van der Waals surface area (Å²) >= 11 is 0. The van der Waals surface area contributed by atoms with E-state index in [1.165, 1.54) is 22.2 Å². The second kappa shape index (κ2) is 5.92. The number of carbonyl (C=O) groups excluding carboxylic acids is 1. The van der Waals surface area contributed by atoms with Crippen LogP contribution in [0, 0.1) is 5.92 Å². The van der Waals surface area contributed by atoms with E-state index in [2.05, 4.69) is 36.2 Å². The molecule has 21 heavy (non-hydrogen) atoms. The van der Waals surface area contributed by atoms with Crippen molar-refractivity contribution in [1.82, 2.24) is 9.88 Å². The van der Waals surface area contributed by atoms with Gasteiger partial charge in [-0.1, -0.05) is 31.5 Å². The number of nitrogens with one attached hydrogen (secondary N) is 1. The van der Waals surface area contributed by atoms with Gasteiger partial charge in [-0.25, -0.2) is 0 Å². The van der Waals surface area contributed by atoms with E-state index in [1.807, 2.05) is 11.9 Å². The highest BCUT2D eigenvalue weighted by molar-refractivity contribution is 5.86. The van der Waals surface area contributed by atoms with Crippen molar-refractivity contribution in [2.24, 2.45) is 5.92 Å². The topological polar surface area (TPSA) is 36.1 Å². The zero-order valence-electron chi connectivity index (χ0n) is 13.0. The Labute approximate surface area is 126 Å². The second-order valence-corrected chi connectivity index (χ2v) is 6.18. The molecule has 1 heterocycles. The third-order valence-corrected chi connectivity index (χ3v) is 4.67. The van der Waals surface area contributed by atoms with E-state index in [4.69, 9.17) is 0 Å². The summed E-state index contributed by atoms with van der Waals surface area (Å²) in [6, 6.07) is 8.43. The van der Waals surface area contributed by atoms with Crippen LogP contribution >= 0.6 is 0 Å². The SMILES string of the molecule is CCCCN(C)C(=O)C1CCc2[nH]c3ccccc3c2C1. The smallest absolute Gasteiger partial charge is 0.225 e. The Morgan fingerprint density at radius 2 is 2.19 bits per heavy atom. The molecule has 1 atom stereocenters. The summed E-state index contributed by atoms with van der Waals surface area (Å²) in [7, 11) is 1.95. The van der Waals surface area contributed by atoms with Crippen LogP contribution in [-0.2, 0) is 17.6 Å². The summed E-state index contributed by atoms with van der Waals surface area (Å²) in [5, 5.41) is 1.29. The first kappa shape index (κ1) is 14.2. The molecule has 1 amide bonds. The van der Waals surface area contributed by atoms with Crippen molar-refractivity contribution in [3.8, 4) is 0 Å². The lowest BCUT2D eigenvalue weighted by atomic mass is 9.85. The second-order valence-electron chi connectivity index (χ2n) is 6.18. The van der Waals surface area contributed by atoms with E-state index in [0.717, 1.165) is 38.6 Å². The van der Waals surface area contributed by atoms with Crippen molar-refractivity contribution >= 4 is 16.8 Å². The number of fused-ring (bicyclic) bond motifs is 3. The molecular formula is C18H24N2O. The number of aromatic nitrogens is 1. The molecule has 1 N–H and O–H groups in total. The highest BCUT2D eigenvalue weighted by Gasteiger charge is 2.28. The number of amides is 1. The molecule has 0 fully saturated rings. The Kier molecular flexibility index (Phi) is 4.00. The number of para-hydroxylation sites is 1. The third kappa shape index (κ3) is 2.69. The minimum absolute atomic E-state index is 0.151. The summed E-state index contributed by atoms with van der Waals surface area (Å²) in [5.74, 6) is 0.470. The van der Waals surface area contributed by atoms with Gasteiger partial charge in [0.05, 0.1) is 0 Å². The highest BCUT2D eigenvalue weighted by Crippen LogP contribution is 2.32. The molecule has 0 spiro atoms. The molecule has 0 saturated carbocycles. The number of benzene rings is 1. The number of hydrogen-bond donors (Lipinski definition) is 1. The molecule has 2 aromatic rings. The van der Waals surface area contributed by atoms with E-state index in [0.29, 0.717) is 5.91 Å². The molecule has 0 aliphatic heterocycles. The van der Waals surface area contributed by atoms with Gasteiger partial charge in [0, 0.05) is 36.1 Å². The van der Waals surface area contributed by atoms with Gasteiger partial charge in [-0.05, 0) is 37.3 Å². The molecule has 0 bridgehead atoms. The molecule has 0 saturated heterocycles. The van der Waals surface area contributed by atoms with Crippen molar-refractivity contribution in [2.75, 3.05) is 13.6 Å². The zero-order chi connectivity index (χ0) is 14.8. The predicted molar refractivity (Wildman–Crippen MR) is 86.4 cm³/mol. The van der Waals surface area contributed by atoms with Gasteiger partial charge in [-0.2, -0.15) is 0 Å². The van der Waals surface area contributed by atoms with Crippen molar-refractivity contribution in [3.63, 3.8) is 0 Å².